The van der Waals surface area contributed by atoms with Crippen molar-refractivity contribution < 1.29 is 14.2 Å². The van der Waals surface area contributed by atoms with Crippen LogP contribution >= 0.6 is 0 Å². The molecule has 37 heavy (non-hydrogen) atoms. The summed E-state index contributed by atoms with van der Waals surface area (Å²) >= 11 is 0. The molecule has 0 aliphatic rings. The van der Waals surface area contributed by atoms with Crippen molar-refractivity contribution in [1.82, 2.24) is 0 Å². The predicted octanol–water partition coefficient (Wildman–Crippen LogP) is 8.12. The highest BCUT2D eigenvalue weighted by Gasteiger charge is 1.97. The summed E-state index contributed by atoms with van der Waals surface area (Å²) in [5.41, 5.74) is 7.18. The van der Waals surface area contributed by atoms with E-state index in [9.17, 15) is 0 Å². The minimum Gasteiger partial charge on any atom is -0.491 e. The van der Waals surface area contributed by atoms with Crippen LogP contribution in [0.5, 0.6) is 11.5 Å². The molecule has 0 bridgehead atoms. The second-order valence-corrected chi connectivity index (χ2v) is 8.94. The summed E-state index contributed by atoms with van der Waals surface area (Å²) in [7, 11) is 0. The number of hydrogen-bond acceptors (Lipinski definition) is 3. The van der Waals surface area contributed by atoms with E-state index < -0.39 is 0 Å². The van der Waals surface area contributed by atoms with Gasteiger partial charge in [-0.25, -0.2) is 0 Å². The van der Waals surface area contributed by atoms with Crippen molar-refractivity contribution in [2.75, 3.05) is 26.4 Å². The van der Waals surface area contributed by atoms with E-state index in [1.807, 2.05) is 24.3 Å². The highest BCUT2D eigenvalue weighted by Crippen LogP contribution is 2.16. The average molecular weight is 491 g/mol. The quantitative estimate of drug-likeness (QED) is 0.148. The van der Waals surface area contributed by atoms with Crippen LogP contribution in [0.1, 0.15) is 33.4 Å². The molecule has 0 spiro atoms. The summed E-state index contributed by atoms with van der Waals surface area (Å²) in [6.45, 7) is 6.22. The first-order valence-corrected chi connectivity index (χ1v) is 12.7. The van der Waals surface area contributed by atoms with Crippen LogP contribution in [0.4, 0.5) is 0 Å². The van der Waals surface area contributed by atoms with E-state index >= 15 is 0 Å². The first-order valence-electron chi connectivity index (χ1n) is 12.7. The van der Waals surface area contributed by atoms with Gasteiger partial charge in [-0.05, 0) is 60.4 Å². The Balaban J connectivity index is 1.09. The van der Waals surface area contributed by atoms with Gasteiger partial charge < -0.3 is 14.2 Å². The van der Waals surface area contributed by atoms with E-state index in [2.05, 4.69) is 111 Å². The molecule has 0 N–H and O–H groups in total. The maximum atomic E-state index is 5.78. The fourth-order valence-corrected chi connectivity index (χ4v) is 3.63. The zero-order valence-electron chi connectivity index (χ0n) is 21.6. The molecule has 0 saturated heterocycles. The maximum absolute atomic E-state index is 5.78. The highest BCUT2D eigenvalue weighted by molar-refractivity contribution is 5.70. The Bertz CT molecular complexity index is 1160. The van der Waals surface area contributed by atoms with Crippen molar-refractivity contribution in [2.24, 2.45) is 0 Å². The van der Waals surface area contributed by atoms with Crippen molar-refractivity contribution in [3.05, 3.63) is 130 Å². The molecule has 0 heterocycles. The SMILES string of the molecule is Cc1ccc(/C=C/c2ccc(OCCOCCOc3ccc(/C=C/c4ccc(C)cc4)cc3)cc2)cc1. The van der Waals surface area contributed by atoms with E-state index in [4.69, 9.17) is 14.2 Å². The second-order valence-electron chi connectivity index (χ2n) is 8.94. The zero-order valence-corrected chi connectivity index (χ0v) is 21.6. The predicted molar refractivity (Wildman–Crippen MR) is 155 cm³/mol. The zero-order chi connectivity index (χ0) is 25.7. The Kier molecular flexibility index (Phi) is 9.74. The lowest BCUT2D eigenvalue weighted by Gasteiger charge is -2.09. The van der Waals surface area contributed by atoms with E-state index in [-0.39, 0.29) is 0 Å². The molecule has 188 valence electrons. The molecule has 4 aromatic rings. The lowest BCUT2D eigenvalue weighted by Crippen LogP contribution is -2.12. The van der Waals surface area contributed by atoms with Crippen molar-refractivity contribution in [3.63, 3.8) is 0 Å². The van der Waals surface area contributed by atoms with Gasteiger partial charge in [-0.3, -0.25) is 0 Å². The molecule has 0 aliphatic carbocycles. The normalized spacial score (nSPS) is 11.3. The summed E-state index contributed by atoms with van der Waals surface area (Å²) in [5.74, 6) is 1.67. The van der Waals surface area contributed by atoms with Crippen LogP contribution in [0.2, 0.25) is 0 Å². The number of ether oxygens (including phenoxy) is 3. The summed E-state index contributed by atoms with van der Waals surface area (Å²) in [5, 5.41) is 0. The summed E-state index contributed by atoms with van der Waals surface area (Å²) in [6, 6.07) is 33.1. The Morgan fingerprint density at radius 1 is 0.405 bits per heavy atom. The molecule has 3 heteroatoms. The van der Waals surface area contributed by atoms with E-state index in [1.165, 1.54) is 22.3 Å². The molecule has 0 aromatic heterocycles. The highest BCUT2D eigenvalue weighted by atomic mass is 16.5. The van der Waals surface area contributed by atoms with E-state index in [0.717, 1.165) is 22.6 Å². The molecule has 0 unspecified atom stereocenters. The molecule has 0 atom stereocenters. The van der Waals surface area contributed by atoms with Gasteiger partial charge in [0, 0.05) is 0 Å². The van der Waals surface area contributed by atoms with Gasteiger partial charge in [-0.15, -0.1) is 0 Å². The van der Waals surface area contributed by atoms with Gasteiger partial charge in [0.1, 0.15) is 24.7 Å². The van der Waals surface area contributed by atoms with E-state index in [1.54, 1.807) is 0 Å². The van der Waals surface area contributed by atoms with Crippen LogP contribution < -0.4 is 9.47 Å². The van der Waals surface area contributed by atoms with Gasteiger partial charge in [0.05, 0.1) is 13.2 Å². The van der Waals surface area contributed by atoms with Crippen molar-refractivity contribution in [3.8, 4) is 11.5 Å². The number of rotatable bonds is 12. The monoisotopic (exact) mass is 490 g/mol. The molecule has 0 saturated carbocycles. The van der Waals surface area contributed by atoms with Gasteiger partial charge in [0.2, 0.25) is 0 Å². The number of aryl methyl sites for hydroxylation is 2. The van der Waals surface area contributed by atoms with Gasteiger partial charge in [0.15, 0.2) is 0 Å². The Morgan fingerprint density at radius 3 is 1.03 bits per heavy atom. The summed E-state index contributed by atoms with van der Waals surface area (Å²) in [6.07, 6.45) is 8.44. The molecule has 3 nitrogen and oxygen atoms in total. The van der Waals surface area contributed by atoms with Gasteiger partial charge in [-0.2, -0.15) is 0 Å². The summed E-state index contributed by atoms with van der Waals surface area (Å²) in [4.78, 5) is 0. The van der Waals surface area contributed by atoms with Crippen LogP contribution in [0, 0.1) is 13.8 Å². The number of hydrogen-bond donors (Lipinski definition) is 0. The molecule has 0 fully saturated rings. The second kappa shape index (κ2) is 13.9. The van der Waals surface area contributed by atoms with Crippen LogP contribution in [0.3, 0.4) is 0 Å². The molecular formula is C34H34O3. The smallest absolute Gasteiger partial charge is 0.119 e. The topological polar surface area (TPSA) is 27.7 Å². The molecular weight excluding hydrogens is 456 g/mol. The van der Waals surface area contributed by atoms with Crippen molar-refractivity contribution in [1.29, 1.82) is 0 Å². The molecule has 4 aromatic carbocycles. The molecule has 4 rings (SSSR count). The molecule has 0 aliphatic heterocycles. The van der Waals surface area contributed by atoms with Crippen LogP contribution in [0.15, 0.2) is 97.1 Å². The largest absolute Gasteiger partial charge is 0.491 e. The van der Waals surface area contributed by atoms with Crippen molar-refractivity contribution >= 4 is 24.3 Å². The van der Waals surface area contributed by atoms with Crippen molar-refractivity contribution in [2.45, 2.75) is 13.8 Å². The molecule has 0 amide bonds. The lowest BCUT2D eigenvalue weighted by molar-refractivity contribution is 0.0764. The Hall–Kier alpha value is -4.08. The van der Waals surface area contributed by atoms with Gasteiger partial charge in [0.25, 0.3) is 0 Å². The standard InChI is InChI=1S/C34H34O3/c1-27-3-7-29(8-4-27)11-13-31-15-19-33(20-16-31)36-25-23-35-24-26-37-34-21-17-32(18-22-34)14-12-30-9-5-28(2)6-10-30/h3-22H,23-26H2,1-2H3/b13-11+,14-12+. The third-order valence-electron chi connectivity index (χ3n) is 5.84. The van der Waals surface area contributed by atoms with Crippen LogP contribution in [-0.2, 0) is 4.74 Å². The Morgan fingerprint density at radius 2 is 0.703 bits per heavy atom. The number of benzene rings is 4. The average Bonchev–Trinajstić information content (AvgIpc) is 2.93. The van der Waals surface area contributed by atoms with Gasteiger partial charge in [-0.1, -0.05) is 108 Å². The molecule has 0 radical (unpaired) electrons. The maximum Gasteiger partial charge on any atom is 0.119 e. The van der Waals surface area contributed by atoms with E-state index in [0.29, 0.717) is 26.4 Å². The third-order valence-corrected chi connectivity index (χ3v) is 5.84. The lowest BCUT2D eigenvalue weighted by atomic mass is 10.1. The Labute approximate surface area is 220 Å². The fourth-order valence-electron chi connectivity index (χ4n) is 3.63. The minimum absolute atomic E-state index is 0.501. The van der Waals surface area contributed by atoms with Crippen LogP contribution in [-0.4, -0.2) is 26.4 Å². The van der Waals surface area contributed by atoms with Gasteiger partial charge >= 0.3 is 0 Å². The summed E-state index contributed by atoms with van der Waals surface area (Å²) < 4.78 is 17.2. The van der Waals surface area contributed by atoms with Crippen LogP contribution in [0.25, 0.3) is 24.3 Å². The first kappa shape index (κ1) is 26.0. The fraction of sp³-hybridized carbons (Fsp3) is 0.176. The third kappa shape index (κ3) is 9.14. The minimum atomic E-state index is 0.501. The first-order chi connectivity index (χ1) is 18.1.